The smallest absolute Gasteiger partial charge is 0.416 e. The van der Waals surface area contributed by atoms with E-state index < -0.39 is 21.7 Å². The number of cyclic esters (lactones) is 1. The van der Waals surface area contributed by atoms with Gasteiger partial charge in [-0.1, -0.05) is 0 Å². The van der Waals surface area contributed by atoms with Gasteiger partial charge in [0.15, 0.2) is 5.82 Å². The van der Waals surface area contributed by atoms with Crippen molar-refractivity contribution in [2.45, 2.75) is 38.1 Å². The van der Waals surface area contributed by atoms with E-state index in [9.17, 15) is 13.2 Å². The number of hydrogen-bond acceptors (Lipinski definition) is 6. The van der Waals surface area contributed by atoms with Gasteiger partial charge in [-0.15, -0.1) is 0 Å². The summed E-state index contributed by atoms with van der Waals surface area (Å²) in [6, 6.07) is 0. The second-order valence-corrected chi connectivity index (χ2v) is 8.94. The molecular weight excluding hydrogens is 332 g/mol. The molecule has 9 heteroatoms. The van der Waals surface area contributed by atoms with Gasteiger partial charge in [0.25, 0.3) is 0 Å². The summed E-state index contributed by atoms with van der Waals surface area (Å²) in [7, 11) is -3.19. The third-order valence-corrected chi connectivity index (χ3v) is 5.77. The first-order chi connectivity index (χ1) is 11.2. The summed E-state index contributed by atoms with van der Waals surface area (Å²) in [4.78, 5) is 22.2. The molecule has 0 radical (unpaired) electrons. The first-order valence-electron chi connectivity index (χ1n) is 7.92. The number of rotatable bonds is 3. The lowest BCUT2D eigenvalue weighted by atomic mass is 9.96. The van der Waals surface area contributed by atoms with Crippen molar-refractivity contribution in [2.75, 3.05) is 30.9 Å². The molecule has 1 aromatic rings. The summed E-state index contributed by atoms with van der Waals surface area (Å²) in [5.41, 5.74) is 0.281. The molecule has 1 amide bonds. The van der Waals surface area contributed by atoms with Gasteiger partial charge >= 0.3 is 6.09 Å². The maximum Gasteiger partial charge on any atom is 0.416 e. The Hall–Kier alpha value is -1.74. The fourth-order valence-corrected chi connectivity index (χ4v) is 4.07. The minimum Gasteiger partial charge on any atom is -0.447 e. The van der Waals surface area contributed by atoms with Gasteiger partial charge in [0.2, 0.25) is 10.0 Å². The zero-order chi connectivity index (χ0) is 17.5. The fraction of sp³-hybridized carbons (Fsp3) is 0.667. The molecule has 1 aromatic heterocycles. The molecule has 2 saturated heterocycles. The molecule has 0 saturated carbocycles. The molecule has 0 aliphatic carbocycles. The lowest BCUT2D eigenvalue weighted by molar-refractivity contribution is 0.175. The van der Waals surface area contributed by atoms with Crippen LogP contribution in [-0.2, 0) is 14.8 Å². The van der Waals surface area contributed by atoms with Gasteiger partial charge in [-0.3, -0.25) is 9.88 Å². The Morgan fingerprint density at radius 3 is 2.58 bits per heavy atom. The zero-order valence-corrected chi connectivity index (χ0v) is 14.9. The monoisotopic (exact) mass is 354 g/mol. The lowest BCUT2D eigenvalue weighted by Crippen LogP contribution is -2.42. The quantitative estimate of drug-likeness (QED) is 0.813. The van der Waals surface area contributed by atoms with Crippen molar-refractivity contribution in [1.29, 1.82) is 0 Å². The highest BCUT2D eigenvalue weighted by Crippen LogP contribution is 2.30. The van der Waals surface area contributed by atoms with Crippen LogP contribution in [0.4, 0.5) is 10.6 Å². The normalized spacial score (nSPS) is 24.9. The summed E-state index contributed by atoms with van der Waals surface area (Å²) in [6.45, 7) is 5.08. The first kappa shape index (κ1) is 17.1. The van der Waals surface area contributed by atoms with Crippen LogP contribution in [0.2, 0.25) is 0 Å². The van der Waals surface area contributed by atoms with Crippen LogP contribution >= 0.6 is 0 Å². The first-order valence-corrected chi connectivity index (χ1v) is 9.77. The third-order valence-electron chi connectivity index (χ3n) is 4.50. The highest BCUT2D eigenvalue weighted by atomic mass is 32.2. The Bertz CT molecular complexity index is 732. The topological polar surface area (TPSA) is 92.7 Å². The van der Waals surface area contributed by atoms with E-state index in [0.717, 1.165) is 18.5 Å². The maximum atomic E-state index is 11.9. The predicted octanol–water partition coefficient (Wildman–Crippen LogP) is 1.35. The number of amides is 1. The van der Waals surface area contributed by atoms with Gasteiger partial charge < -0.3 is 4.74 Å². The maximum absolute atomic E-state index is 11.9. The number of ether oxygens (including phenoxy) is 1. The van der Waals surface area contributed by atoms with Gasteiger partial charge in [-0.25, -0.2) is 22.5 Å². The van der Waals surface area contributed by atoms with Crippen LogP contribution in [0.5, 0.6) is 0 Å². The van der Waals surface area contributed by atoms with Crippen LogP contribution in [0, 0.1) is 0 Å². The average molecular weight is 354 g/mol. The molecule has 2 aliphatic heterocycles. The third kappa shape index (κ3) is 3.23. The second kappa shape index (κ2) is 5.96. The summed E-state index contributed by atoms with van der Waals surface area (Å²) >= 11 is 0. The fourth-order valence-electron chi connectivity index (χ4n) is 3.16. The largest absolute Gasteiger partial charge is 0.447 e. The molecule has 3 heterocycles. The molecule has 0 bridgehead atoms. The van der Waals surface area contributed by atoms with Gasteiger partial charge in [0.05, 0.1) is 29.9 Å². The minimum atomic E-state index is -3.19. The van der Waals surface area contributed by atoms with E-state index in [-0.39, 0.29) is 5.92 Å². The van der Waals surface area contributed by atoms with E-state index >= 15 is 0 Å². The minimum absolute atomic E-state index is 0.0218. The van der Waals surface area contributed by atoms with Gasteiger partial charge in [-0.05, 0) is 26.7 Å². The standard InChI is InChI=1S/C15H22N4O4S/c1-15(2)10-23-14(20)19(15)13-8-16-12(7-17-13)11-5-4-6-18(9-11)24(3,21)22/h7-8,11H,4-6,9-10H2,1-3H3. The van der Waals surface area contributed by atoms with Crippen LogP contribution in [0.1, 0.15) is 38.3 Å². The Morgan fingerprint density at radius 1 is 1.29 bits per heavy atom. The van der Waals surface area contributed by atoms with Crippen LogP contribution in [-0.4, -0.2) is 60.3 Å². The highest BCUT2D eigenvalue weighted by molar-refractivity contribution is 7.88. The summed E-state index contributed by atoms with van der Waals surface area (Å²) < 4.78 is 30.0. The predicted molar refractivity (Wildman–Crippen MR) is 88.3 cm³/mol. The summed E-state index contributed by atoms with van der Waals surface area (Å²) in [5, 5.41) is 0. The molecule has 2 aliphatic rings. The number of sulfonamides is 1. The van der Waals surface area contributed by atoms with Crippen molar-refractivity contribution in [3.05, 3.63) is 18.1 Å². The lowest BCUT2D eigenvalue weighted by Gasteiger charge is -2.31. The van der Waals surface area contributed by atoms with Gasteiger partial charge in [0.1, 0.15) is 6.61 Å². The molecule has 24 heavy (non-hydrogen) atoms. The molecule has 0 spiro atoms. The second-order valence-electron chi connectivity index (χ2n) is 6.96. The number of carbonyl (C=O) groups excluding carboxylic acids is 1. The molecule has 3 rings (SSSR count). The molecule has 0 aromatic carbocycles. The Balaban J connectivity index is 1.79. The molecule has 8 nitrogen and oxygen atoms in total. The molecule has 0 N–H and O–H groups in total. The van der Waals surface area contributed by atoms with Gasteiger partial charge in [0, 0.05) is 19.0 Å². The zero-order valence-electron chi connectivity index (χ0n) is 14.1. The van der Waals surface area contributed by atoms with Crippen molar-refractivity contribution in [3.63, 3.8) is 0 Å². The number of hydrogen-bond donors (Lipinski definition) is 0. The number of anilines is 1. The summed E-state index contributed by atoms with van der Waals surface area (Å²) in [6.07, 6.45) is 5.66. The van der Waals surface area contributed by atoms with Crippen LogP contribution < -0.4 is 4.90 Å². The van der Waals surface area contributed by atoms with Crippen molar-refractivity contribution >= 4 is 21.9 Å². The van der Waals surface area contributed by atoms with Crippen molar-refractivity contribution in [2.24, 2.45) is 0 Å². The Morgan fingerprint density at radius 2 is 2.04 bits per heavy atom. The van der Waals surface area contributed by atoms with E-state index in [2.05, 4.69) is 9.97 Å². The Kier molecular flexibility index (Phi) is 4.25. The Labute approximate surface area is 141 Å². The highest BCUT2D eigenvalue weighted by Gasteiger charge is 2.42. The van der Waals surface area contributed by atoms with E-state index in [0.29, 0.717) is 25.5 Å². The van der Waals surface area contributed by atoms with Crippen LogP contribution in [0.25, 0.3) is 0 Å². The number of aromatic nitrogens is 2. The molecule has 2 fully saturated rings. The van der Waals surface area contributed by atoms with Crippen molar-refractivity contribution < 1.29 is 17.9 Å². The number of carbonyl (C=O) groups is 1. The molecular formula is C15H22N4O4S. The number of piperidine rings is 1. The number of nitrogens with zero attached hydrogens (tertiary/aromatic N) is 4. The van der Waals surface area contributed by atoms with E-state index in [1.54, 1.807) is 12.4 Å². The van der Waals surface area contributed by atoms with E-state index in [1.165, 1.54) is 15.5 Å². The van der Waals surface area contributed by atoms with Crippen LogP contribution in [0.15, 0.2) is 12.4 Å². The van der Waals surface area contributed by atoms with E-state index in [1.807, 2.05) is 13.8 Å². The SMILES string of the molecule is CC1(C)COC(=O)N1c1cnc(C2CCCN(S(C)(=O)=O)C2)cn1. The molecule has 132 valence electrons. The van der Waals surface area contributed by atoms with Crippen LogP contribution in [0.3, 0.4) is 0 Å². The van der Waals surface area contributed by atoms with E-state index in [4.69, 9.17) is 4.74 Å². The summed E-state index contributed by atoms with van der Waals surface area (Å²) in [5.74, 6) is 0.468. The molecule has 1 atom stereocenters. The van der Waals surface area contributed by atoms with Crippen molar-refractivity contribution in [3.8, 4) is 0 Å². The van der Waals surface area contributed by atoms with Gasteiger partial charge in [-0.2, -0.15) is 0 Å². The van der Waals surface area contributed by atoms with Crippen molar-refractivity contribution in [1.82, 2.24) is 14.3 Å². The molecule has 1 unspecified atom stereocenters. The average Bonchev–Trinajstić information content (AvgIpc) is 2.80.